The molecule has 0 amide bonds. The summed E-state index contributed by atoms with van der Waals surface area (Å²) in [5.74, 6) is -1.16. The van der Waals surface area contributed by atoms with Gasteiger partial charge in [-0.1, -0.05) is 35.9 Å². The van der Waals surface area contributed by atoms with Gasteiger partial charge in [-0.05, 0) is 29.8 Å². The van der Waals surface area contributed by atoms with Crippen LogP contribution >= 0.6 is 11.6 Å². The van der Waals surface area contributed by atoms with E-state index >= 15 is 0 Å². The lowest BCUT2D eigenvalue weighted by Gasteiger charge is -2.03. The summed E-state index contributed by atoms with van der Waals surface area (Å²) in [5, 5.41) is 9.50. The minimum atomic E-state index is -1.04. The van der Waals surface area contributed by atoms with Crippen molar-refractivity contribution in [3.05, 3.63) is 70.2 Å². The number of halogens is 1. The number of benzene rings is 2. The van der Waals surface area contributed by atoms with Crippen molar-refractivity contribution in [1.29, 1.82) is 0 Å². The number of Topliss-reactive ketones (excluding diaryl/α,β-unsaturated/α-hetero) is 1. The molecule has 2 rings (SSSR count). The number of rotatable bonds is 4. The third kappa shape index (κ3) is 3.42. The van der Waals surface area contributed by atoms with Crippen LogP contribution in [0.3, 0.4) is 0 Å². The Bertz CT molecular complexity index is 618. The van der Waals surface area contributed by atoms with Gasteiger partial charge < -0.3 is 5.11 Å². The average molecular weight is 275 g/mol. The molecule has 0 spiro atoms. The molecule has 19 heavy (non-hydrogen) atoms. The van der Waals surface area contributed by atoms with Crippen molar-refractivity contribution in [3.8, 4) is 0 Å². The maximum absolute atomic E-state index is 12.0. The third-order valence-electron chi connectivity index (χ3n) is 2.71. The molecule has 0 heterocycles. The molecule has 0 aliphatic rings. The second-order valence-electron chi connectivity index (χ2n) is 4.11. The van der Waals surface area contributed by atoms with Crippen LogP contribution in [-0.4, -0.2) is 16.9 Å². The van der Waals surface area contributed by atoms with Gasteiger partial charge in [-0.15, -0.1) is 0 Å². The van der Waals surface area contributed by atoms with Gasteiger partial charge in [-0.2, -0.15) is 0 Å². The molecule has 2 aromatic rings. The number of carboxylic acid groups (broad SMARTS) is 1. The molecule has 0 aliphatic heterocycles. The maximum atomic E-state index is 12.0. The van der Waals surface area contributed by atoms with Gasteiger partial charge >= 0.3 is 5.97 Å². The van der Waals surface area contributed by atoms with Gasteiger partial charge in [0.25, 0.3) is 0 Å². The molecule has 4 heteroatoms. The zero-order valence-corrected chi connectivity index (χ0v) is 10.7. The van der Waals surface area contributed by atoms with Crippen LogP contribution in [0.4, 0.5) is 0 Å². The summed E-state index contributed by atoms with van der Waals surface area (Å²) in [6, 6.07) is 13.0. The van der Waals surface area contributed by atoms with Crippen LogP contribution < -0.4 is 0 Å². The normalized spacial score (nSPS) is 10.2. The summed E-state index contributed by atoms with van der Waals surface area (Å²) >= 11 is 5.77. The largest absolute Gasteiger partial charge is 0.478 e. The predicted molar refractivity (Wildman–Crippen MR) is 72.9 cm³/mol. The monoisotopic (exact) mass is 274 g/mol. The highest BCUT2D eigenvalue weighted by atomic mass is 35.5. The second kappa shape index (κ2) is 5.67. The molecule has 1 N–H and O–H groups in total. The Kier molecular flexibility index (Phi) is 3.97. The fraction of sp³-hybridized carbons (Fsp3) is 0.0667. The summed E-state index contributed by atoms with van der Waals surface area (Å²) in [5.41, 5.74) is 1.35. The zero-order chi connectivity index (χ0) is 13.8. The van der Waals surface area contributed by atoms with Crippen molar-refractivity contribution in [1.82, 2.24) is 0 Å². The van der Waals surface area contributed by atoms with Gasteiger partial charge in [-0.25, -0.2) is 4.79 Å². The first-order chi connectivity index (χ1) is 9.06. The van der Waals surface area contributed by atoms with Gasteiger partial charge in [-0.3, -0.25) is 4.79 Å². The van der Waals surface area contributed by atoms with E-state index in [-0.39, 0.29) is 17.8 Å². The molecule has 0 atom stereocenters. The van der Waals surface area contributed by atoms with E-state index in [9.17, 15) is 9.59 Å². The molecule has 0 fully saturated rings. The van der Waals surface area contributed by atoms with E-state index in [1.54, 1.807) is 36.4 Å². The molecule has 0 aromatic heterocycles. The van der Waals surface area contributed by atoms with Crippen molar-refractivity contribution in [3.63, 3.8) is 0 Å². The number of carboxylic acids is 1. The molecule has 0 unspecified atom stereocenters. The van der Waals surface area contributed by atoms with Crippen LogP contribution in [0.1, 0.15) is 26.3 Å². The SMILES string of the molecule is O=C(O)c1cccc(C(=O)Cc2ccc(Cl)cc2)c1. The van der Waals surface area contributed by atoms with Gasteiger partial charge in [0.15, 0.2) is 5.78 Å². The Hall–Kier alpha value is -2.13. The molecule has 2 aromatic carbocycles. The molecule has 0 saturated heterocycles. The minimum Gasteiger partial charge on any atom is -0.478 e. The Morgan fingerprint density at radius 1 is 1.00 bits per heavy atom. The topological polar surface area (TPSA) is 54.4 Å². The van der Waals surface area contributed by atoms with E-state index in [4.69, 9.17) is 16.7 Å². The molecule has 96 valence electrons. The number of ketones is 1. The van der Waals surface area contributed by atoms with Gasteiger partial charge in [0.1, 0.15) is 0 Å². The van der Waals surface area contributed by atoms with E-state index < -0.39 is 5.97 Å². The Balaban J connectivity index is 2.18. The van der Waals surface area contributed by atoms with Crippen LogP contribution in [0.25, 0.3) is 0 Å². The van der Waals surface area contributed by atoms with E-state index in [2.05, 4.69) is 0 Å². The molecular weight excluding hydrogens is 264 g/mol. The first kappa shape index (κ1) is 13.3. The van der Waals surface area contributed by atoms with Crippen LogP contribution in [0.5, 0.6) is 0 Å². The lowest BCUT2D eigenvalue weighted by molar-refractivity contribution is 0.0697. The summed E-state index contributed by atoms with van der Waals surface area (Å²) in [6.45, 7) is 0. The van der Waals surface area contributed by atoms with E-state index in [0.717, 1.165) is 5.56 Å². The average Bonchev–Trinajstić information content (AvgIpc) is 2.41. The van der Waals surface area contributed by atoms with Gasteiger partial charge in [0.2, 0.25) is 0 Å². The van der Waals surface area contributed by atoms with Crippen LogP contribution in [0.2, 0.25) is 5.02 Å². The van der Waals surface area contributed by atoms with Crippen molar-refractivity contribution in [2.75, 3.05) is 0 Å². The minimum absolute atomic E-state index is 0.113. The Morgan fingerprint density at radius 3 is 2.26 bits per heavy atom. The van der Waals surface area contributed by atoms with Crippen molar-refractivity contribution in [2.45, 2.75) is 6.42 Å². The fourth-order valence-corrected chi connectivity index (χ4v) is 1.84. The Labute approximate surface area is 115 Å². The van der Waals surface area contributed by atoms with Crippen LogP contribution in [0, 0.1) is 0 Å². The molecule has 3 nitrogen and oxygen atoms in total. The highest BCUT2D eigenvalue weighted by molar-refractivity contribution is 6.30. The number of aromatic carboxylic acids is 1. The third-order valence-corrected chi connectivity index (χ3v) is 2.96. The van der Waals surface area contributed by atoms with Crippen LogP contribution in [0.15, 0.2) is 48.5 Å². The van der Waals surface area contributed by atoms with E-state index in [0.29, 0.717) is 10.6 Å². The summed E-state index contributed by atoms with van der Waals surface area (Å²) < 4.78 is 0. The lowest BCUT2D eigenvalue weighted by Crippen LogP contribution is -2.05. The smallest absolute Gasteiger partial charge is 0.335 e. The van der Waals surface area contributed by atoms with Crippen LogP contribution in [-0.2, 0) is 6.42 Å². The van der Waals surface area contributed by atoms with Crippen molar-refractivity contribution in [2.24, 2.45) is 0 Å². The zero-order valence-electron chi connectivity index (χ0n) is 9.97. The van der Waals surface area contributed by atoms with Crippen molar-refractivity contribution >= 4 is 23.4 Å². The fourth-order valence-electron chi connectivity index (χ4n) is 1.72. The summed E-state index contributed by atoms with van der Waals surface area (Å²) in [4.78, 5) is 22.9. The quantitative estimate of drug-likeness (QED) is 0.869. The highest BCUT2D eigenvalue weighted by Crippen LogP contribution is 2.13. The second-order valence-corrected chi connectivity index (χ2v) is 4.55. The molecule has 0 radical (unpaired) electrons. The highest BCUT2D eigenvalue weighted by Gasteiger charge is 2.10. The number of carbonyl (C=O) groups excluding carboxylic acids is 1. The Morgan fingerprint density at radius 2 is 1.63 bits per heavy atom. The summed E-state index contributed by atoms with van der Waals surface area (Å²) in [7, 11) is 0. The molecule has 0 saturated carbocycles. The summed E-state index contributed by atoms with van der Waals surface area (Å²) in [6.07, 6.45) is 0.222. The lowest BCUT2D eigenvalue weighted by atomic mass is 10.0. The number of hydrogen-bond acceptors (Lipinski definition) is 2. The van der Waals surface area contributed by atoms with E-state index in [1.165, 1.54) is 12.1 Å². The maximum Gasteiger partial charge on any atom is 0.335 e. The van der Waals surface area contributed by atoms with Gasteiger partial charge in [0.05, 0.1) is 5.56 Å². The van der Waals surface area contributed by atoms with E-state index in [1.807, 2.05) is 0 Å². The number of carbonyl (C=O) groups is 2. The molecule has 0 bridgehead atoms. The predicted octanol–water partition coefficient (Wildman–Crippen LogP) is 3.46. The molecule has 0 aliphatic carbocycles. The number of hydrogen-bond donors (Lipinski definition) is 1. The molecular formula is C15H11ClO3. The standard InChI is InChI=1S/C15H11ClO3/c16-13-6-4-10(5-7-13)8-14(17)11-2-1-3-12(9-11)15(18)19/h1-7,9H,8H2,(H,18,19). The van der Waals surface area contributed by atoms with Gasteiger partial charge in [0, 0.05) is 17.0 Å². The first-order valence-electron chi connectivity index (χ1n) is 5.67. The van der Waals surface area contributed by atoms with Crippen molar-refractivity contribution < 1.29 is 14.7 Å². The first-order valence-corrected chi connectivity index (χ1v) is 6.05.